The Morgan fingerprint density at radius 3 is 2.26 bits per heavy atom. The van der Waals surface area contributed by atoms with Crippen molar-refractivity contribution in [2.75, 3.05) is 20.3 Å². The summed E-state index contributed by atoms with van der Waals surface area (Å²) in [5, 5.41) is 9.84. The normalized spacial score (nSPS) is 10.0. The van der Waals surface area contributed by atoms with Gasteiger partial charge in [0.2, 0.25) is 0 Å². The summed E-state index contributed by atoms with van der Waals surface area (Å²) >= 11 is 6.13. The molecule has 0 aliphatic carbocycles. The summed E-state index contributed by atoms with van der Waals surface area (Å²) in [4.78, 5) is 0. The summed E-state index contributed by atoms with van der Waals surface area (Å²) in [5.41, 5.74) is 2.41. The summed E-state index contributed by atoms with van der Waals surface area (Å²) in [6, 6.07) is 11.0. The molecule has 23 heavy (non-hydrogen) atoms. The van der Waals surface area contributed by atoms with Crippen LogP contribution in [0.3, 0.4) is 0 Å². The number of ether oxygens (including phenoxy) is 3. The summed E-state index contributed by atoms with van der Waals surface area (Å²) in [7, 11) is 1.57. The molecule has 0 unspecified atom stereocenters. The Morgan fingerprint density at radius 2 is 1.65 bits per heavy atom. The first-order valence-electron chi connectivity index (χ1n) is 7.15. The van der Waals surface area contributed by atoms with Crippen molar-refractivity contribution in [2.24, 2.45) is 0 Å². The third-order valence-electron chi connectivity index (χ3n) is 3.33. The van der Waals surface area contributed by atoms with Gasteiger partial charge in [0, 0.05) is 11.1 Å². The molecule has 0 atom stereocenters. The molecule has 0 aliphatic heterocycles. The van der Waals surface area contributed by atoms with Crippen molar-refractivity contribution in [1.29, 1.82) is 5.26 Å². The van der Waals surface area contributed by atoms with E-state index < -0.39 is 0 Å². The van der Waals surface area contributed by atoms with E-state index >= 15 is 0 Å². The fraction of sp³-hybridized carbons (Fsp3) is 0.278. The van der Waals surface area contributed by atoms with Gasteiger partial charge in [0.25, 0.3) is 0 Å². The summed E-state index contributed by atoms with van der Waals surface area (Å²) < 4.78 is 16.4. The molecule has 0 N–H and O–H groups in total. The highest BCUT2D eigenvalue weighted by Gasteiger charge is 2.06. The molecule has 0 fully saturated rings. The molecule has 0 saturated heterocycles. The highest BCUT2D eigenvalue weighted by atomic mass is 35.5. The van der Waals surface area contributed by atoms with Crippen LogP contribution >= 0.6 is 11.6 Å². The van der Waals surface area contributed by atoms with E-state index in [9.17, 15) is 0 Å². The largest absolute Gasteiger partial charge is 0.497 e. The smallest absolute Gasteiger partial charge is 0.140 e. The van der Waals surface area contributed by atoms with Crippen LogP contribution in [0.25, 0.3) is 0 Å². The number of rotatable bonds is 6. The van der Waals surface area contributed by atoms with Crippen LogP contribution in [-0.4, -0.2) is 20.3 Å². The van der Waals surface area contributed by atoms with E-state index in [1.54, 1.807) is 25.3 Å². The van der Waals surface area contributed by atoms with Crippen LogP contribution in [0.4, 0.5) is 0 Å². The van der Waals surface area contributed by atoms with Gasteiger partial charge in [-0.15, -0.1) is 0 Å². The lowest BCUT2D eigenvalue weighted by Crippen LogP contribution is -2.10. The van der Waals surface area contributed by atoms with E-state index in [0.717, 1.165) is 21.9 Å². The number of benzene rings is 2. The van der Waals surface area contributed by atoms with Gasteiger partial charge < -0.3 is 14.2 Å². The molecule has 0 aromatic heterocycles. The number of aryl methyl sites for hydroxylation is 2. The van der Waals surface area contributed by atoms with Crippen LogP contribution in [0.5, 0.6) is 17.2 Å². The second-order valence-corrected chi connectivity index (χ2v) is 5.42. The minimum atomic E-state index is 0.322. The zero-order chi connectivity index (χ0) is 16.8. The molecular weight excluding hydrogens is 314 g/mol. The van der Waals surface area contributed by atoms with Gasteiger partial charge in [-0.1, -0.05) is 11.6 Å². The second-order valence-electron chi connectivity index (χ2n) is 5.04. The molecule has 0 heterocycles. The molecule has 4 nitrogen and oxygen atoms in total. The van der Waals surface area contributed by atoms with Gasteiger partial charge >= 0.3 is 0 Å². The monoisotopic (exact) mass is 331 g/mol. The van der Waals surface area contributed by atoms with Crippen LogP contribution < -0.4 is 14.2 Å². The van der Waals surface area contributed by atoms with Crippen molar-refractivity contribution >= 4 is 11.6 Å². The first-order valence-corrected chi connectivity index (χ1v) is 7.53. The maximum atomic E-state index is 9.09. The van der Waals surface area contributed by atoms with Crippen molar-refractivity contribution in [1.82, 2.24) is 0 Å². The molecule has 0 saturated carbocycles. The van der Waals surface area contributed by atoms with Gasteiger partial charge in [-0.3, -0.25) is 0 Å². The van der Waals surface area contributed by atoms with Gasteiger partial charge in [-0.2, -0.15) is 5.26 Å². The molecule has 2 rings (SSSR count). The topological polar surface area (TPSA) is 51.5 Å². The Hall–Kier alpha value is -2.38. The van der Waals surface area contributed by atoms with Crippen LogP contribution in [0, 0.1) is 25.2 Å². The van der Waals surface area contributed by atoms with E-state index in [1.807, 2.05) is 26.0 Å². The van der Waals surface area contributed by atoms with E-state index in [-0.39, 0.29) is 0 Å². The Kier molecular flexibility index (Phi) is 5.72. The standard InChI is InChI=1S/C18H18ClNO3/c1-12-8-16(9-13(2)18(12)19)22-6-7-23-17-10-15(21-3)5-4-14(17)11-20/h4-5,8-10H,6-7H2,1-3H3. The molecule has 0 aliphatic rings. The highest BCUT2D eigenvalue weighted by Crippen LogP contribution is 2.26. The van der Waals surface area contributed by atoms with E-state index in [4.69, 9.17) is 31.1 Å². The summed E-state index contributed by atoms with van der Waals surface area (Å²) in [5.74, 6) is 1.88. The molecular formula is C18H18ClNO3. The summed E-state index contributed by atoms with van der Waals surface area (Å²) in [6.07, 6.45) is 0. The lowest BCUT2D eigenvalue weighted by atomic mass is 10.1. The molecule has 0 amide bonds. The van der Waals surface area contributed by atoms with Crippen molar-refractivity contribution < 1.29 is 14.2 Å². The average molecular weight is 332 g/mol. The first-order chi connectivity index (χ1) is 11.0. The fourth-order valence-corrected chi connectivity index (χ4v) is 2.25. The zero-order valence-electron chi connectivity index (χ0n) is 13.4. The number of nitrogens with zero attached hydrogens (tertiary/aromatic N) is 1. The van der Waals surface area contributed by atoms with E-state index in [2.05, 4.69) is 6.07 Å². The number of hydrogen-bond acceptors (Lipinski definition) is 4. The van der Waals surface area contributed by atoms with Gasteiger partial charge in [-0.25, -0.2) is 0 Å². The molecule has 0 radical (unpaired) electrons. The highest BCUT2D eigenvalue weighted by molar-refractivity contribution is 6.32. The van der Waals surface area contributed by atoms with Crippen LogP contribution in [0.2, 0.25) is 5.02 Å². The van der Waals surface area contributed by atoms with Gasteiger partial charge in [0.15, 0.2) is 0 Å². The number of hydrogen-bond donors (Lipinski definition) is 0. The average Bonchev–Trinajstić information content (AvgIpc) is 2.56. The van der Waals surface area contributed by atoms with Crippen LogP contribution in [-0.2, 0) is 0 Å². The van der Waals surface area contributed by atoms with Crippen molar-refractivity contribution in [3.63, 3.8) is 0 Å². The van der Waals surface area contributed by atoms with Gasteiger partial charge in [0.05, 0.1) is 12.7 Å². The number of halogens is 1. The number of nitriles is 1. The zero-order valence-corrected chi connectivity index (χ0v) is 14.1. The fourth-order valence-electron chi connectivity index (χ4n) is 2.14. The van der Waals surface area contributed by atoms with Crippen molar-refractivity contribution in [3.05, 3.63) is 52.0 Å². The SMILES string of the molecule is COc1ccc(C#N)c(OCCOc2cc(C)c(Cl)c(C)c2)c1. The predicted octanol–water partition coefficient (Wildman–Crippen LogP) is 4.29. The minimum Gasteiger partial charge on any atom is -0.497 e. The Labute approximate surface area is 141 Å². The summed E-state index contributed by atoms with van der Waals surface area (Å²) in [6.45, 7) is 4.56. The first kappa shape index (κ1) is 17.0. The lowest BCUT2D eigenvalue weighted by Gasteiger charge is -2.12. The van der Waals surface area contributed by atoms with Gasteiger partial charge in [-0.05, 0) is 49.2 Å². The molecule has 2 aromatic carbocycles. The Morgan fingerprint density at radius 1 is 1.00 bits per heavy atom. The van der Waals surface area contributed by atoms with Crippen molar-refractivity contribution in [3.8, 4) is 23.3 Å². The molecule has 2 aromatic rings. The van der Waals surface area contributed by atoms with E-state index in [0.29, 0.717) is 30.3 Å². The predicted molar refractivity (Wildman–Crippen MR) is 89.6 cm³/mol. The Bertz CT molecular complexity index is 715. The minimum absolute atomic E-state index is 0.322. The van der Waals surface area contributed by atoms with Crippen LogP contribution in [0.1, 0.15) is 16.7 Å². The maximum Gasteiger partial charge on any atom is 0.140 e. The Balaban J connectivity index is 1.95. The second kappa shape index (κ2) is 7.75. The third kappa shape index (κ3) is 4.30. The quantitative estimate of drug-likeness (QED) is 0.741. The van der Waals surface area contributed by atoms with E-state index in [1.165, 1.54) is 0 Å². The van der Waals surface area contributed by atoms with Crippen LogP contribution in [0.15, 0.2) is 30.3 Å². The molecule has 0 spiro atoms. The third-order valence-corrected chi connectivity index (χ3v) is 3.92. The number of methoxy groups -OCH3 is 1. The van der Waals surface area contributed by atoms with Crippen molar-refractivity contribution in [2.45, 2.75) is 13.8 Å². The molecule has 0 bridgehead atoms. The molecule has 120 valence electrons. The lowest BCUT2D eigenvalue weighted by molar-refractivity contribution is 0.216. The van der Waals surface area contributed by atoms with Gasteiger partial charge in [0.1, 0.15) is 36.5 Å². The maximum absolute atomic E-state index is 9.09. The molecule has 5 heteroatoms.